The van der Waals surface area contributed by atoms with Crippen LogP contribution in [0.5, 0.6) is 0 Å². The fraction of sp³-hybridized carbons (Fsp3) is 0.706. The first-order valence-corrected chi connectivity index (χ1v) is 7.85. The van der Waals surface area contributed by atoms with Crippen LogP contribution < -0.4 is 10.2 Å². The van der Waals surface area contributed by atoms with Crippen molar-refractivity contribution in [3.05, 3.63) is 23.4 Å². The summed E-state index contributed by atoms with van der Waals surface area (Å²) >= 11 is 0. The third kappa shape index (κ3) is 5.49. The van der Waals surface area contributed by atoms with Crippen LogP contribution in [0, 0.1) is 18.8 Å². The molecule has 1 aromatic rings. The average Bonchev–Trinajstić information content (AvgIpc) is 2.34. The summed E-state index contributed by atoms with van der Waals surface area (Å²) < 4.78 is 0. The van der Waals surface area contributed by atoms with Crippen molar-refractivity contribution >= 4 is 5.82 Å². The fourth-order valence-electron chi connectivity index (χ4n) is 2.45. The zero-order chi connectivity index (χ0) is 15.1. The Bertz CT molecular complexity index is 389. The molecule has 0 aliphatic rings. The molecule has 0 saturated heterocycles. The van der Waals surface area contributed by atoms with Gasteiger partial charge in [0.15, 0.2) is 0 Å². The molecule has 1 rings (SSSR count). The Kier molecular flexibility index (Phi) is 7.00. The molecule has 0 amide bonds. The Morgan fingerprint density at radius 3 is 2.20 bits per heavy atom. The van der Waals surface area contributed by atoms with E-state index in [2.05, 4.69) is 57.8 Å². The maximum absolute atomic E-state index is 4.72. The minimum atomic E-state index is 0.649. The average molecular weight is 277 g/mol. The molecule has 114 valence electrons. The minimum Gasteiger partial charge on any atom is -0.356 e. The van der Waals surface area contributed by atoms with Gasteiger partial charge in [-0.2, -0.15) is 0 Å². The molecule has 0 aliphatic carbocycles. The van der Waals surface area contributed by atoms with Gasteiger partial charge in [0.25, 0.3) is 0 Å². The molecule has 0 saturated carbocycles. The van der Waals surface area contributed by atoms with E-state index in [4.69, 9.17) is 4.98 Å². The summed E-state index contributed by atoms with van der Waals surface area (Å²) in [6.07, 6.45) is 2.01. The summed E-state index contributed by atoms with van der Waals surface area (Å²) in [6, 6.07) is 2.26. The molecular formula is C17H31N3. The van der Waals surface area contributed by atoms with E-state index in [1.54, 1.807) is 0 Å². The van der Waals surface area contributed by atoms with Gasteiger partial charge in [0.2, 0.25) is 0 Å². The lowest BCUT2D eigenvalue weighted by Crippen LogP contribution is -2.32. The van der Waals surface area contributed by atoms with Crippen LogP contribution >= 0.6 is 0 Å². The van der Waals surface area contributed by atoms with Crippen molar-refractivity contribution in [2.45, 2.75) is 48.1 Å². The molecule has 1 heterocycles. The highest BCUT2D eigenvalue weighted by atomic mass is 15.2. The lowest BCUT2D eigenvalue weighted by Gasteiger charge is -2.29. The van der Waals surface area contributed by atoms with Crippen LogP contribution in [0.3, 0.4) is 0 Å². The van der Waals surface area contributed by atoms with E-state index in [0.29, 0.717) is 11.8 Å². The van der Waals surface area contributed by atoms with Gasteiger partial charge in [0, 0.05) is 25.8 Å². The van der Waals surface area contributed by atoms with Crippen LogP contribution in [0.15, 0.2) is 12.3 Å². The maximum Gasteiger partial charge on any atom is 0.131 e. The number of nitrogens with one attached hydrogen (secondary N) is 1. The van der Waals surface area contributed by atoms with Crippen molar-refractivity contribution < 1.29 is 0 Å². The molecule has 0 unspecified atom stereocenters. The molecule has 0 aliphatic heterocycles. The van der Waals surface area contributed by atoms with Gasteiger partial charge in [-0.15, -0.1) is 0 Å². The van der Waals surface area contributed by atoms with Crippen LogP contribution in [0.2, 0.25) is 0 Å². The monoisotopic (exact) mass is 277 g/mol. The van der Waals surface area contributed by atoms with Gasteiger partial charge in [0.1, 0.15) is 5.82 Å². The zero-order valence-corrected chi connectivity index (χ0v) is 14.0. The largest absolute Gasteiger partial charge is 0.356 e. The first kappa shape index (κ1) is 17.0. The summed E-state index contributed by atoms with van der Waals surface area (Å²) in [5.41, 5.74) is 2.55. The smallest absolute Gasteiger partial charge is 0.131 e. The molecule has 3 heteroatoms. The van der Waals surface area contributed by atoms with Crippen LogP contribution in [0.25, 0.3) is 0 Å². The predicted octanol–water partition coefficient (Wildman–Crippen LogP) is 3.62. The summed E-state index contributed by atoms with van der Waals surface area (Å²) in [7, 11) is 0. The zero-order valence-electron chi connectivity index (χ0n) is 14.0. The number of nitrogens with zero attached hydrogens (tertiary/aromatic N) is 2. The normalized spacial score (nSPS) is 11.4. The highest BCUT2D eigenvalue weighted by molar-refractivity contribution is 5.47. The molecule has 0 bridgehead atoms. The van der Waals surface area contributed by atoms with Gasteiger partial charge in [-0.3, -0.25) is 0 Å². The van der Waals surface area contributed by atoms with E-state index < -0.39 is 0 Å². The van der Waals surface area contributed by atoms with Crippen LogP contribution in [-0.2, 0) is 6.54 Å². The molecule has 1 N–H and O–H groups in total. The van der Waals surface area contributed by atoms with E-state index in [1.165, 1.54) is 11.1 Å². The van der Waals surface area contributed by atoms with Crippen molar-refractivity contribution in [3.8, 4) is 0 Å². The Hall–Kier alpha value is -1.09. The number of anilines is 1. The number of pyridine rings is 1. The van der Waals surface area contributed by atoms with E-state index in [0.717, 1.165) is 32.0 Å². The molecule has 0 atom stereocenters. The van der Waals surface area contributed by atoms with E-state index >= 15 is 0 Å². The second-order valence-corrected chi connectivity index (χ2v) is 6.46. The molecule has 1 aromatic heterocycles. The third-order valence-electron chi connectivity index (χ3n) is 3.16. The standard InChI is InChI=1S/C17H31N3/c1-7-18-9-16-8-15(6)17(19-10-16)20(11-13(2)3)12-14(4)5/h8,10,13-14,18H,7,9,11-12H2,1-6H3. The van der Waals surface area contributed by atoms with E-state index in [-0.39, 0.29) is 0 Å². The van der Waals surface area contributed by atoms with Crippen LogP contribution in [0.4, 0.5) is 5.82 Å². The molecular weight excluding hydrogens is 246 g/mol. The molecule has 3 nitrogen and oxygen atoms in total. The second kappa shape index (κ2) is 8.25. The van der Waals surface area contributed by atoms with Crippen molar-refractivity contribution in [2.24, 2.45) is 11.8 Å². The first-order chi connectivity index (χ1) is 9.43. The molecule has 0 radical (unpaired) electrons. The predicted molar refractivity (Wildman–Crippen MR) is 88.2 cm³/mol. The maximum atomic E-state index is 4.72. The highest BCUT2D eigenvalue weighted by Crippen LogP contribution is 2.20. The number of hydrogen-bond donors (Lipinski definition) is 1. The molecule has 20 heavy (non-hydrogen) atoms. The quantitative estimate of drug-likeness (QED) is 0.786. The van der Waals surface area contributed by atoms with Crippen molar-refractivity contribution in [1.29, 1.82) is 0 Å². The lowest BCUT2D eigenvalue weighted by atomic mass is 10.1. The van der Waals surface area contributed by atoms with Gasteiger partial charge in [-0.25, -0.2) is 4.98 Å². The van der Waals surface area contributed by atoms with Crippen molar-refractivity contribution in [3.63, 3.8) is 0 Å². The van der Waals surface area contributed by atoms with Crippen molar-refractivity contribution in [1.82, 2.24) is 10.3 Å². The van der Waals surface area contributed by atoms with Gasteiger partial charge in [-0.05, 0) is 42.5 Å². The Labute approximate surface area is 124 Å². The summed E-state index contributed by atoms with van der Waals surface area (Å²) in [6.45, 7) is 17.4. The topological polar surface area (TPSA) is 28.2 Å². The Balaban J connectivity index is 2.89. The SMILES string of the molecule is CCNCc1cnc(N(CC(C)C)CC(C)C)c(C)c1. The second-order valence-electron chi connectivity index (χ2n) is 6.46. The van der Waals surface area contributed by atoms with E-state index in [9.17, 15) is 0 Å². The van der Waals surface area contributed by atoms with Gasteiger partial charge >= 0.3 is 0 Å². The van der Waals surface area contributed by atoms with Crippen LogP contribution in [-0.4, -0.2) is 24.6 Å². The Morgan fingerprint density at radius 1 is 1.15 bits per heavy atom. The van der Waals surface area contributed by atoms with Gasteiger partial charge in [-0.1, -0.05) is 34.6 Å². The summed E-state index contributed by atoms with van der Waals surface area (Å²) in [5.74, 6) is 2.44. The lowest BCUT2D eigenvalue weighted by molar-refractivity contribution is 0.547. The van der Waals surface area contributed by atoms with Crippen LogP contribution in [0.1, 0.15) is 45.7 Å². The molecule has 0 fully saturated rings. The minimum absolute atomic E-state index is 0.649. The number of aryl methyl sites for hydroxylation is 1. The first-order valence-electron chi connectivity index (χ1n) is 7.85. The summed E-state index contributed by atoms with van der Waals surface area (Å²) in [4.78, 5) is 7.16. The van der Waals surface area contributed by atoms with Crippen molar-refractivity contribution in [2.75, 3.05) is 24.5 Å². The number of rotatable bonds is 8. The van der Waals surface area contributed by atoms with E-state index in [1.807, 2.05) is 6.20 Å². The fourth-order valence-corrected chi connectivity index (χ4v) is 2.45. The Morgan fingerprint density at radius 2 is 1.75 bits per heavy atom. The number of hydrogen-bond acceptors (Lipinski definition) is 3. The third-order valence-corrected chi connectivity index (χ3v) is 3.16. The molecule has 0 spiro atoms. The highest BCUT2D eigenvalue weighted by Gasteiger charge is 2.14. The molecule has 0 aromatic carbocycles. The van der Waals surface area contributed by atoms with Gasteiger partial charge < -0.3 is 10.2 Å². The number of aromatic nitrogens is 1. The summed E-state index contributed by atoms with van der Waals surface area (Å²) in [5, 5.41) is 3.35. The van der Waals surface area contributed by atoms with Gasteiger partial charge in [0.05, 0.1) is 0 Å².